The fourth-order valence-electron chi connectivity index (χ4n) is 4.64. The molecule has 0 bridgehead atoms. The number of sulfonamides is 1. The molecule has 2 fully saturated rings. The van der Waals surface area contributed by atoms with E-state index in [2.05, 4.69) is 10.0 Å². The van der Waals surface area contributed by atoms with Gasteiger partial charge in [-0.15, -0.1) is 0 Å². The van der Waals surface area contributed by atoms with Gasteiger partial charge < -0.3 is 5.32 Å². The van der Waals surface area contributed by atoms with Crippen LogP contribution in [0.3, 0.4) is 0 Å². The molecule has 8 nitrogen and oxygen atoms in total. The number of imide groups is 1. The van der Waals surface area contributed by atoms with Crippen molar-refractivity contribution in [3.8, 4) is 0 Å². The first-order valence-electron chi connectivity index (χ1n) is 11.0. The number of carbonyl (C=O) groups excluding carboxylic acids is 3. The molecule has 3 amide bonds. The summed E-state index contributed by atoms with van der Waals surface area (Å²) in [6.45, 7) is 3.15. The van der Waals surface area contributed by atoms with E-state index in [9.17, 15) is 22.8 Å². The molecule has 2 N–H and O–H groups in total. The number of hydrogen-bond acceptors (Lipinski definition) is 5. The van der Waals surface area contributed by atoms with Crippen molar-refractivity contribution in [2.45, 2.75) is 51.0 Å². The van der Waals surface area contributed by atoms with Crippen LogP contribution in [0.5, 0.6) is 0 Å². The molecule has 0 radical (unpaired) electrons. The van der Waals surface area contributed by atoms with Crippen LogP contribution in [-0.4, -0.2) is 31.0 Å². The maximum atomic E-state index is 13.1. The number of aryl methyl sites for hydroxylation is 1. The Labute approximate surface area is 193 Å². The molecule has 2 aromatic carbocycles. The Morgan fingerprint density at radius 1 is 0.970 bits per heavy atom. The lowest BCUT2D eigenvalue weighted by Gasteiger charge is -2.19. The van der Waals surface area contributed by atoms with Gasteiger partial charge in [-0.1, -0.05) is 25.0 Å². The van der Waals surface area contributed by atoms with Crippen molar-refractivity contribution >= 4 is 39.1 Å². The van der Waals surface area contributed by atoms with E-state index in [1.54, 1.807) is 43.3 Å². The zero-order chi connectivity index (χ0) is 23.8. The number of hydrogen-bond donors (Lipinski definition) is 2. The molecule has 33 heavy (non-hydrogen) atoms. The summed E-state index contributed by atoms with van der Waals surface area (Å²) in [7, 11) is -3.91. The summed E-state index contributed by atoms with van der Waals surface area (Å²) in [6.07, 6.45) is 3.39. The summed E-state index contributed by atoms with van der Waals surface area (Å²) < 4.78 is 28.7. The van der Waals surface area contributed by atoms with E-state index in [4.69, 9.17) is 0 Å². The fourth-order valence-corrected chi connectivity index (χ4v) is 5.99. The highest BCUT2D eigenvalue weighted by atomic mass is 32.2. The van der Waals surface area contributed by atoms with Crippen LogP contribution >= 0.6 is 0 Å². The second-order valence-electron chi connectivity index (χ2n) is 8.72. The average Bonchev–Trinajstić information content (AvgIpc) is 3.01. The molecular formula is C24H27N3O5S. The van der Waals surface area contributed by atoms with Crippen molar-refractivity contribution in [2.24, 2.45) is 11.8 Å². The summed E-state index contributed by atoms with van der Waals surface area (Å²) in [6, 6.07) is 11.3. The minimum Gasteiger partial charge on any atom is -0.326 e. The molecule has 1 saturated carbocycles. The van der Waals surface area contributed by atoms with Crippen molar-refractivity contribution in [1.29, 1.82) is 0 Å². The van der Waals surface area contributed by atoms with E-state index >= 15 is 0 Å². The van der Waals surface area contributed by atoms with Gasteiger partial charge in [-0.05, 0) is 61.2 Å². The normalized spacial score (nSPS) is 20.5. The number of likely N-dealkylation sites (tertiary alicyclic amines) is 1. The van der Waals surface area contributed by atoms with Gasteiger partial charge >= 0.3 is 0 Å². The lowest BCUT2D eigenvalue weighted by molar-refractivity contribution is -0.140. The van der Waals surface area contributed by atoms with Gasteiger partial charge in [0.05, 0.1) is 23.3 Å². The molecule has 9 heteroatoms. The molecule has 174 valence electrons. The van der Waals surface area contributed by atoms with Crippen LogP contribution < -0.4 is 10.0 Å². The third kappa shape index (κ3) is 4.78. The van der Waals surface area contributed by atoms with Crippen molar-refractivity contribution in [3.05, 3.63) is 53.6 Å². The summed E-state index contributed by atoms with van der Waals surface area (Å²) in [4.78, 5) is 38.1. The van der Waals surface area contributed by atoms with E-state index in [-0.39, 0.29) is 41.0 Å². The molecule has 1 heterocycles. The Hall–Kier alpha value is -3.20. The third-order valence-corrected chi connectivity index (χ3v) is 7.80. The maximum Gasteiger partial charge on any atom is 0.262 e. The Bertz CT molecular complexity index is 1180. The highest BCUT2D eigenvalue weighted by Crippen LogP contribution is 2.38. The summed E-state index contributed by atoms with van der Waals surface area (Å²) >= 11 is 0. The number of fused-ring (bicyclic) bond motifs is 1. The van der Waals surface area contributed by atoms with Crippen LogP contribution in [0.15, 0.2) is 47.4 Å². The predicted octanol–water partition coefficient (Wildman–Crippen LogP) is 3.43. The molecule has 0 spiro atoms. The molecule has 1 aliphatic carbocycles. The molecule has 2 aliphatic rings. The van der Waals surface area contributed by atoms with E-state index in [0.29, 0.717) is 22.5 Å². The lowest BCUT2D eigenvalue weighted by Crippen LogP contribution is -2.30. The Balaban J connectivity index is 1.53. The standard InChI is InChI=1S/C24H27N3O5S/c1-15-7-8-17(14-27-23(29)20-5-3-4-6-21(20)24(27)30)13-22(15)33(31,32)26-19-11-9-18(10-12-19)25-16(2)28/h7-13,20-21,26H,3-6,14H2,1-2H3,(H,25,28). The second kappa shape index (κ2) is 8.97. The minimum absolute atomic E-state index is 0.0683. The predicted molar refractivity (Wildman–Crippen MR) is 124 cm³/mol. The van der Waals surface area contributed by atoms with Gasteiger partial charge in [0.1, 0.15) is 0 Å². The number of anilines is 2. The van der Waals surface area contributed by atoms with Crippen LogP contribution in [0, 0.1) is 18.8 Å². The molecule has 4 rings (SSSR count). The Kier molecular flexibility index (Phi) is 6.25. The second-order valence-corrected chi connectivity index (χ2v) is 10.4. The number of carbonyl (C=O) groups is 3. The van der Waals surface area contributed by atoms with Crippen molar-refractivity contribution in [2.75, 3.05) is 10.0 Å². The van der Waals surface area contributed by atoms with E-state index in [1.165, 1.54) is 17.9 Å². The lowest BCUT2D eigenvalue weighted by atomic mass is 9.81. The summed E-state index contributed by atoms with van der Waals surface area (Å²) in [5, 5.41) is 2.63. The fraction of sp³-hybridized carbons (Fsp3) is 0.375. The van der Waals surface area contributed by atoms with Crippen molar-refractivity contribution in [1.82, 2.24) is 4.90 Å². The van der Waals surface area contributed by atoms with Crippen molar-refractivity contribution < 1.29 is 22.8 Å². The SMILES string of the molecule is CC(=O)Nc1ccc(NS(=O)(=O)c2cc(CN3C(=O)C4CCCCC4C3=O)ccc2C)cc1. The van der Waals surface area contributed by atoms with Gasteiger partial charge in [0.15, 0.2) is 0 Å². The largest absolute Gasteiger partial charge is 0.326 e. The Morgan fingerprint density at radius 2 is 1.55 bits per heavy atom. The van der Waals surface area contributed by atoms with Crippen LogP contribution in [-0.2, 0) is 31.0 Å². The van der Waals surface area contributed by atoms with E-state index in [1.807, 2.05) is 0 Å². The van der Waals surface area contributed by atoms with Gasteiger partial charge in [-0.3, -0.25) is 24.0 Å². The van der Waals surface area contributed by atoms with E-state index < -0.39 is 10.0 Å². The van der Waals surface area contributed by atoms with Gasteiger partial charge in [0.2, 0.25) is 17.7 Å². The molecule has 1 saturated heterocycles. The van der Waals surface area contributed by atoms with Crippen LogP contribution in [0.2, 0.25) is 0 Å². The zero-order valence-corrected chi connectivity index (χ0v) is 19.4. The number of amides is 3. The highest BCUT2D eigenvalue weighted by Gasteiger charge is 2.47. The van der Waals surface area contributed by atoms with Gasteiger partial charge in [0, 0.05) is 18.3 Å². The maximum absolute atomic E-state index is 13.1. The van der Waals surface area contributed by atoms with Crippen molar-refractivity contribution in [3.63, 3.8) is 0 Å². The number of benzene rings is 2. The quantitative estimate of drug-likeness (QED) is 0.630. The third-order valence-electron chi connectivity index (χ3n) is 6.27. The number of nitrogens with one attached hydrogen (secondary N) is 2. The summed E-state index contributed by atoms with van der Waals surface area (Å²) in [5.41, 5.74) is 2.04. The minimum atomic E-state index is -3.91. The Morgan fingerprint density at radius 3 is 2.12 bits per heavy atom. The van der Waals surface area contributed by atoms with E-state index in [0.717, 1.165) is 25.7 Å². The van der Waals surface area contributed by atoms with Gasteiger partial charge in [-0.25, -0.2) is 8.42 Å². The smallest absolute Gasteiger partial charge is 0.262 e. The topological polar surface area (TPSA) is 113 Å². The summed E-state index contributed by atoms with van der Waals surface area (Å²) in [5.74, 6) is -0.979. The van der Waals surface area contributed by atoms with Crippen LogP contribution in [0.25, 0.3) is 0 Å². The van der Waals surface area contributed by atoms with Gasteiger partial charge in [-0.2, -0.15) is 0 Å². The number of nitrogens with zero attached hydrogens (tertiary/aromatic N) is 1. The molecule has 2 atom stereocenters. The molecule has 2 aromatic rings. The first-order valence-corrected chi connectivity index (χ1v) is 12.5. The van der Waals surface area contributed by atoms with Gasteiger partial charge in [0.25, 0.3) is 10.0 Å². The highest BCUT2D eigenvalue weighted by molar-refractivity contribution is 7.92. The molecule has 2 unspecified atom stereocenters. The zero-order valence-electron chi connectivity index (χ0n) is 18.6. The molecule has 1 aliphatic heterocycles. The average molecular weight is 470 g/mol. The van der Waals surface area contributed by atoms with Crippen LogP contribution in [0.4, 0.5) is 11.4 Å². The first kappa shape index (κ1) is 23.0. The molecular weight excluding hydrogens is 442 g/mol. The monoisotopic (exact) mass is 469 g/mol. The first-order chi connectivity index (χ1) is 15.7. The number of rotatable bonds is 6. The van der Waals surface area contributed by atoms with Crippen LogP contribution in [0.1, 0.15) is 43.7 Å². The molecule has 0 aromatic heterocycles.